The molecule has 3 atom stereocenters. The van der Waals surface area contributed by atoms with Gasteiger partial charge in [-0.15, -0.1) is 0 Å². The number of ether oxygens (including phenoxy) is 1. The lowest BCUT2D eigenvalue weighted by Gasteiger charge is -2.24. The molecule has 0 aliphatic carbocycles. The summed E-state index contributed by atoms with van der Waals surface area (Å²) in [6.45, 7) is 11.0. The van der Waals surface area contributed by atoms with E-state index >= 15 is 0 Å². The summed E-state index contributed by atoms with van der Waals surface area (Å²) in [7, 11) is 0. The largest absolute Gasteiger partial charge is 0.374 e. The second-order valence-electron chi connectivity index (χ2n) is 5.64. The molecule has 1 heterocycles. The third-order valence-electron chi connectivity index (χ3n) is 4.29. The molecule has 1 aromatic rings. The van der Waals surface area contributed by atoms with E-state index < -0.39 is 0 Å². The fourth-order valence-corrected chi connectivity index (χ4v) is 3.97. The van der Waals surface area contributed by atoms with Gasteiger partial charge >= 0.3 is 0 Å². The normalized spacial score (nSPS) is 25.4. The minimum atomic E-state index is 0.318. The van der Waals surface area contributed by atoms with E-state index in [1.807, 2.05) is 0 Å². The zero-order valence-electron chi connectivity index (χ0n) is 12.0. The van der Waals surface area contributed by atoms with Gasteiger partial charge in [-0.25, -0.2) is 0 Å². The first-order valence-corrected chi connectivity index (χ1v) is 7.70. The summed E-state index contributed by atoms with van der Waals surface area (Å²) in [5, 5.41) is 0. The molecular weight excluding hydrogens is 288 g/mol. The summed E-state index contributed by atoms with van der Waals surface area (Å²) in [4.78, 5) is 0.320. The molecule has 1 aliphatic rings. The fraction of sp³-hybridized carbons (Fsp3) is 0.625. The molecule has 0 aromatic heterocycles. The number of hydrogen-bond donors (Lipinski definition) is 0. The monoisotopic (exact) mass is 310 g/mol. The second kappa shape index (κ2) is 5.34. The first kappa shape index (κ1) is 14.1. The van der Waals surface area contributed by atoms with Crippen LogP contribution in [-0.4, -0.2) is 12.2 Å². The van der Waals surface area contributed by atoms with Crippen molar-refractivity contribution in [2.45, 2.75) is 64.5 Å². The number of benzene rings is 1. The quantitative estimate of drug-likeness (QED) is 0.704. The van der Waals surface area contributed by atoms with E-state index in [2.05, 4.69) is 56.6 Å². The van der Waals surface area contributed by atoms with Crippen LogP contribution in [0.4, 0.5) is 0 Å². The van der Waals surface area contributed by atoms with Gasteiger partial charge in [0.25, 0.3) is 0 Å². The van der Waals surface area contributed by atoms with E-state index in [0.717, 1.165) is 6.42 Å². The van der Waals surface area contributed by atoms with Crippen LogP contribution < -0.4 is 0 Å². The maximum Gasteiger partial charge on any atom is 0.0745 e. The minimum absolute atomic E-state index is 0.318. The molecule has 1 nitrogen and oxygen atoms in total. The van der Waals surface area contributed by atoms with E-state index in [0.29, 0.717) is 17.0 Å². The third kappa shape index (κ3) is 2.50. The minimum Gasteiger partial charge on any atom is -0.374 e. The van der Waals surface area contributed by atoms with Gasteiger partial charge in [-0.05, 0) is 75.3 Å². The molecule has 0 spiro atoms. The van der Waals surface area contributed by atoms with E-state index in [1.165, 1.54) is 34.2 Å². The fourth-order valence-electron chi connectivity index (χ4n) is 2.90. The number of alkyl halides is 1. The number of hydrogen-bond acceptors (Lipinski definition) is 1. The van der Waals surface area contributed by atoms with Gasteiger partial charge in [0.15, 0.2) is 0 Å². The molecule has 2 heteroatoms. The standard InChI is InChI=1S/C16H23BrO/c1-9-8-10(2)13(5)15(12(9)4)16(17)14-7-6-11(3)18-14/h8,11,14,16H,6-7H2,1-5H3. The highest BCUT2D eigenvalue weighted by Gasteiger charge is 2.31. The maximum absolute atomic E-state index is 6.02. The topological polar surface area (TPSA) is 9.23 Å². The second-order valence-corrected chi connectivity index (χ2v) is 6.62. The van der Waals surface area contributed by atoms with Crippen LogP contribution >= 0.6 is 15.9 Å². The highest BCUT2D eigenvalue weighted by molar-refractivity contribution is 9.09. The van der Waals surface area contributed by atoms with Crippen molar-refractivity contribution in [2.75, 3.05) is 0 Å². The molecule has 100 valence electrons. The van der Waals surface area contributed by atoms with Gasteiger partial charge in [0.2, 0.25) is 0 Å². The van der Waals surface area contributed by atoms with Crippen LogP contribution in [0.3, 0.4) is 0 Å². The van der Waals surface area contributed by atoms with Crippen LogP contribution in [0.1, 0.15) is 52.4 Å². The zero-order chi connectivity index (χ0) is 13.4. The van der Waals surface area contributed by atoms with Gasteiger partial charge in [0.05, 0.1) is 17.0 Å². The molecular formula is C16H23BrO. The summed E-state index contributed by atoms with van der Waals surface area (Å²) in [6.07, 6.45) is 3.05. The average molecular weight is 311 g/mol. The Morgan fingerprint density at radius 1 is 1.11 bits per heavy atom. The molecule has 1 saturated heterocycles. The third-order valence-corrected chi connectivity index (χ3v) is 5.34. The van der Waals surface area contributed by atoms with Crippen molar-refractivity contribution in [3.05, 3.63) is 33.9 Å². The number of rotatable bonds is 2. The first-order valence-electron chi connectivity index (χ1n) is 6.78. The Morgan fingerprint density at radius 3 is 2.11 bits per heavy atom. The Morgan fingerprint density at radius 2 is 1.67 bits per heavy atom. The molecule has 1 aliphatic heterocycles. The van der Waals surface area contributed by atoms with Crippen LogP contribution in [0.5, 0.6) is 0 Å². The van der Waals surface area contributed by atoms with Crippen molar-refractivity contribution < 1.29 is 4.74 Å². The Bertz CT molecular complexity index is 427. The average Bonchev–Trinajstić information content (AvgIpc) is 2.73. The van der Waals surface area contributed by atoms with Crippen LogP contribution in [0.2, 0.25) is 0 Å². The first-order chi connectivity index (χ1) is 8.41. The van der Waals surface area contributed by atoms with Crippen LogP contribution in [-0.2, 0) is 4.74 Å². The molecule has 0 radical (unpaired) electrons. The maximum atomic E-state index is 6.02. The lowest BCUT2D eigenvalue weighted by Crippen LogP contribution is -2.17. The Labute approximate surface area is 119 Å². The Kier molecular flexibility index (Phi) is 4.18. The molecule has 0 amide bonds. The summed E-state index contributed by atoms with van der Waals surface area (Å²) < 4.78 is 6.02. The molecule has 0 bridgehead atoms. The Balaban J connectivity index is 2.38. The van der Waals surface area contributed by atoms with E-state index in [9.17, 15) is 0 Å². The predicted molar refractivity (Wildman–Crippen MR) is 80.6 cm³/mol. The van der Waals surface area contributed by atoms with E-state index in [4.69, 9.17) is 4.74 Å². The van der Waals surface area contributed by atoms with Crippen molar-refractivity contribution in [1.82, 2.24) is 0 Å². The van der Waals surface area contributed by atoms with Crippen LogP contribution in [0.15, 0.2) is 6.07 Å². The van der Waals surface area contributed by atoms with Crippen LogP contribution in [0.25, 0.3) is 0 Å². The molecule has 2 rings (SSSR count). The van der Waals surface area contributed by atoms with E-state index in [-0.39, 0.29) is 0 Å². The van der Waals surface area contributed by atoms with Gasteiger partial charge in [-0.1, -0.05) is 22.0 Å². The summed E-state index contributed by atoms with van der Waals surface area (Å²) in [5.41, 5.74) is 7.00. The van der Waals surface area contributed by atoms with Gasteiger partial charge < -0.3 is 4.74 Å². The molecule has 0 N–H and O–H groups in total. The van der Waals surface area contributed by atoms with Crippen molar-refractivity contribution in [1.29, 1.82) is 0 Å². The van der Waals surface area contributed by atoms with Gasteiger partial charge in [-0.3, -0.25) is 0 Å². The summed E-state index contributed by atoms with van der Waals surface area (Å²) >= 11 is 3.89. The Hall–Kier alpha value is -0.340. The summed E-state index contributed by atoms with van der Waals surface area (Å²) in [6, 6.07) is 2.28. The molecule has 0 saturated carbocycles. The zero-order valence-corrected chi connectivity index (χ0v) is 13.6. The van der Waals surface area contributed by atoms with Crippen molar-refractivity contribution in [2.24, 2.45) is 0 Å². The molecule has 1 aromatic carbocycles. The summed E-state index contributed by atoms with van der Waals surface area (Å²) in [5.74, 6) is 0. The highest BCUT2D eigenvalue weighted by atomic mass is 79.9. The van der Waals surface area contributed by atoms with Crippen molar-refractivity contribution in [3.8, 4) is 0 Å². The molecule has 18 heavy (non-hydrogen) atoms. The molecule has 1 fully saturated rings. The van der Waals surface area contributed by atoms with Gasteiger partial charge in [-0.2, -0.15) is 0 Å². The van der Waals surface area contributed by atoms with Gasteiger partial charge in [0, 0.05) is 0 Å². The van der Waals surface area contributed by atoms with E-state index in [1.54, 1.807) is 0 Å². The highest BCUT2D eigenvalue weighted by Crippen LogP contribution is 2.40. The lowest BCUT2D eigenvalue weighted by molar-refractivity contribution is 0.0555. The lowest BCUT2D eigenvalue weighted by atomic mass is 9.90. The predicted octanol–water partition coefficient (Wildman–Crippen LogP) is 4.92. The van der Waals surface area contributed by atoms with Crippen molar-refractivity contribution >= 4 is 15.9 Å². The smallest absolute Gasteiger partial charge is 0.0745 e. The van der Waals surface area contributed by atoms with Gasteiger partial charge in [0.1, 0.15) is 0 Å². The van der Waals surface area contributed by atoms with Crippen LogP contribution in [0, 0.1) is 27.7 Å². The number of aryl methyl sites for hydroxylation is 2. The van der Waals surface area contributed by atoms with Crippen molar-refractivity contribution in [3.63, 3.8) is 0 Å². The SMILES string of the molecule is Cc1cc(C)c(C)c(C(Br)C2CCC(C)O2)c1C. The number of halogens is 1. The molecule has 3 unspecified atom stereocenters.